The quantitative estimate of drug-likeness (QED) is 0.611. The normalized spacial score (nSPS) is 14.1. The van der Waals surface area contributed by atoms with Crippen LogP contribution in [0.3, 0.4) is 0 Å². The van der Waals surface area contributed by atoms with Crippen molar-refractivity contribution in [2.45, 2.75) is 45.8 Å². The van der Waals surface area contributed by atoms with Crippen LogP contribution in [0.5, 0.6) is 0 Å². The lowest BCUT2D eigenvalue weighted by Gasteiger charge is -2.24. The zero-order chi connectivity index (χ0) is 9.78. The first-order valence-corrected chi connectivity index (χ1v) is 4.10. The molecule has 0 unspecified atom stereocenters. The Morgan fingerprint density at radius 1 is 1.42 bits per heavy atom. The molecule has 0 N–H and O–H groups in total. The Labute approximate surface area is 74.0 Å². The van der Waals surface area contributed by atoms with Crippen molar-refractivity contribution in [3.8, 4) is 0 Å². The average molecular weight is 174 g/mol. The summed E-state index contributed by atoms with van der Waals surface area (Å²) >= 11 is 0. The van der Waals surface area contributed by atoms with E-state index < -0.39 is 0 Å². The van der Waals surface area contributed by atoms with Gasteiger partial charge in [0.15, 0.2) is 0 Å². The number of hydrogen-bond donors (Lipinski definition) is 0. The van der Waals surface area contributed by atoms with Gasteiger partial charge in [0.25, 0.3) is 0 Å². The van der Waals surface area contributed by atoms with Crippen LogP contribution in [0, 0.1) is 0 Å². The SMILES string of the molecule is COC(=O)C[C@H](C)OC(C)(C)C. The van der Waals surface area contributed by atoms with Gasteiger partial charge in [0.1, 0.15) is 0 Å². The maximum absolute atomic E-state index is 10.8. The third-order valence-corrected chi connectivity index (χ3v) is 1.24. The molecule has 0 rings (SSSR count). The molecule has 72 valence electrons. The molecular weight excluding hydrogens is 156 g/mol. The predicted molar refractivity (Wildman–Crippen MR) is 46.9 cm³/mol. The monoisotopic (exact) mass is 174 g/mol. The van der Waals surface area contributed by atoms with Gasteiger partial charge in [-0.15, -0.1) is 0 Å². The molecule has 0 heterocycles. The Bertz CT molecular complexity index is 146. The van der Waals surface area contributed by atoms with E-state index in [2.05, 4.69) is 4.74 Å². The van der Waals surface area contributed by atoms with Crippen LogP contribution >= 0.6 is 0 Å². The fourth-order valence-electron chi connectivity index (χ4n) is 0.963. The molecule has 0 spiro atoms. The molecule has 12 heavy (non-hydrogen) atoms. The van der Waals surface area contributed by atoms with Gasteiger partial charge in [-0.25, -0.2) is 0 Å². The van der Waals surface area contributed by atoms with Gasteiger partial charge in [0, 0.05) is 0 Å². The van der Waals surface area contributed by atoms with Crippen LogP contribution in [0.4, 0.5) is 0 Å². The van der Waals surface area contributed by atoms with Crippen LogP contribution in [-0.2, 0) is 14.3 Å². The fraction of sp³-hybridized carbons (Fsp3) is 0.889. The van der Waals surface area contributed by atoms with E-state index in [1.54, 1.807) is 0 Å². The van der Waals surface area contributed by atoms with E-state index in [0.717, 1.165) is 0 Å². The van der Waals surface area contributed by atoms with Crippen molar-refractivity contribution in [2.24, 2.45) is 0 Å². The van der Waals surface area contributed by atoms with Gasteiger partial charge >= 0.3 is 5.97 Å². The van der Waals surface area contributed by atoms with Gasteiger partial charge in [-0.3, -0.25) is 4.79 Å². The smallest absolute Gasteiger partial charge is 0.308 e. The Kier molecular flexibility index (Phi) is 4.24. The molecule has 0 aromatic heterocycles. The first-order chi connectivity index (χ1) is 5.35. The molecule has 3 heteroatoms. The average Bonchev–Trinajstić information content (AvgIpc) is 1.82. The zero-order valence-electron chi connectivity index (χ0n) is 8.51. The fourth-order valence-corrected chi connectivity index (χ4v) is 0.963. The number of rotatable bonds is 3. The third kappa shape index (κ3) is 6.16. The van der Waals surface area contributed by atoms with Gasteiger partial charge in [0.05, 0.1) is 25.2 Å². The summed E-state index contributed by atoms with van der Waals surface area (Å²) in [6, 6.07) is 0. The van der Waals surface area contributed by atoms with Crippen molar-refractivity contribution < 1.29 is 14.3 Å². The van der Waals surface area contributed by atoms with Crippen LogP contribution in [-0.4, -0.2) is 24.8 Å². The van der Waals surface area contributed by atoms with Crippen molar-refractivity contribution in [3.63, 3.8) is 0 Å². The van der Waals surface area contributed by atoms with Crippen molar-refractivity contribution in [1.82, 2.24) is 0 Å². The summed E-state index contributed by atoms with van der Waals surface area (Å²) in [4.78, 5) is 10.8. The molecule has 0 aliphatic rings. The first-order valence-electron chi connectivity index (χ1n) is 4.10. The number of carbonyl (C=O) groups is 1. The van der Waals surface area contributed by atoms with Crippen LogP contribution in [0.25, 0.3) is 0 Å². The summed E-state index contributed by atoms with van der Waals surface area (Å²) < 4.78 is 10.0. The minimum atomic E-state index is -0.230. The molecule has 0 aromatic rings. The summed E-state index contributed by atoms with van der Waals surface area (Å²) in [5.41, 5.74) is -0.201. The summed E-state index contributed by atoms with van der Waals surface area (Å²) in [6.45, 7) is 7.74. The van der Waals surface area contributed by atoms with E-state index >= 15 is 0 Å². The number of carbonyl (C=O) groups excluding carboxylic acids is 1. The highest BCUT2D eigenvalue weighted by atomic mass is 16.5. The molecule has 3 nitrogen and oxygen atoms in total. The molecule has 0 fully saturated rings. The summed E-state index contributed by atoms with van der Waals surface area (Å²) in [5, 5.41) is 0. The van der Waals surface area contributed by atoms with Gasteiger partial charge in [-0.1, -0.05) is 0 Å². The van der Waals surface area contributed by atoms with Crippen LogP contribution in [0.2, 0.25) is 0 Å². The van der Waals surface area contributed by atoms with Crippen LogP contribution in [0.1, 0.15) is 34.1 Å². The van der Waals surface area contributed by atoms with E-state index in [1.807, 2.05) is 27.7 Å². The van der Waals surface area contributed by atoms with E-state index in [1.165, 1.54) is 7.11 Å². The molecule has 0 aliphatic heterocycles. The Hall–Kier alpha value is -0.570. The highest BCUT2D eigenvalue weighted by Crippen LogP contribution is 2.12. The van der Waals surface area contributed by atoms with Crippen LogP contribution in [0.15, 0.2) is 0 Å². The van der Waals surface area contributed by atoms with E-state index in [-0.39, 0.29) is 17.7 Å². The van der Waals surface area contributed by atoms with Crippen LogP contribution < -0.4 is 0 Å². The molecule has 0 aliphatic carbocycles. The number of ether oxygens (including phenoxy) is 2. The third-order valence-electron chi connectivity index (χ3n) is 1.24. The van der Waals surface area contributed by atoms with E-state index in [0.29, 0.717) is 6.42 Å². The Balaban J connectivity index is 3.74. The summed E-state index contributed by atoms with van der Waals surface area (Å²) in [5.74, 6) is -0.230. The topological polar surface area (TPSA) is 35.5 Å². The minimum absolute atomic E-state index is 0.0857. The molecule has 0 radical (unpaired) electrons. The van der Waals surface area contributed by atoms with Gasteiger partial charge < -0.3 is 9.47 Å². The molecule has 0 amide bonds. The lowest BCUT2D eigenvalue weighted by Crippen LogP contribution is -2.27. The Morgan fingerprint density at radius 2 is 1.92 bits per heavy atom. The molecule has 0 aromatic carbocycles. The van der Waals surface area contributed by atoms with Gasteiger partial charge in [-0.2, -0.15) is 0 Å². The molecule has 0 bridgehead atoms. The standard InChI is InChI=1S/C9H18O3/c1-7(6-8(10)11-5)12-9(2,3)4/h7H,6H2,1-5H3/t7-/m0/s1. The largest absolute Gasteiger partial charge is 0.469 e. The highest BCUT2D eigenvalue weighted by Gasteiger charge is 2.17. The second-order valence-corrected chi connectivity index (χ2v) is 3.82. The molecule has 0 saturated heterocycles. The number of methoxy groups -OCH3 is 1. The summed E-state index contributed by atoms with van der Waals surface area (Å²) in [7, 11) is 1.38. The maximum Gasteiger partial charge on any atom is 0.308 e. The van der Waals surface area contributed by atoms with E-state index in [9.17, 15) is 4.79 Å². The van der Waals surface area contributed by atoms with Gasteiger partial charge in [-0.05, 0) is 27.7 Å². The molecule has 0 saturated carbocycles. The summed E-state index contributed by atoms with van der Waals surface area (Å²) in [6.07, 6.45) is 0.228. The van der Waals surface area contributed by atoms with Crippen molar-refractivity contribution in [1.29, 1.82) is 0 Å². The molecule has 1 atom stereocenters. The predicted octanol–water partition coefficient (Wildman–Crippen LogP) is 1.75. The Morgan fingerprint density at radius 3 is 2.25 bits per heavy atom. The first kappa shape index (κ1) is 11.4. The molecular formula is C9H18O3. The van der Waals surface area contributed by atoms with Crippen molar-refractivity contribution in [3.05, 3.63) is 0 Å². The number of hydrogen-bond acceptors (Lipinski definition) is 3. The number of esters is 1. The second kappa shape index (κ2) is 4.45. The van der Waals surface area contributed by atoms with Crippen molar-refractivity contribution in [2.75, 3.05) is 7.11 Å². The zero-order valence-corrected chi connectivity index (χ0v) is 8.51. The highest BCUT2D eigenvalue weighted by molar-refractivity contribution is 5.69. The van der Waals surface area contributed by atoms with Gasteiger partial charge in [0.2, 0.25) is 0 Å². The second-order valence-electron chi connectivity index (χ2n) is 3.82. The van der Waals surface area contributed by atoms with Crippen molar-refractivity contribution >= 4 is 5.97 Å². The van der Waals surface area contributed by atoms with E-state index in [4.69, 9.17) is 4.74 Å². The lowest BCUT2D eigenvalue weighted by atomic mass is 10.1. The maximum atomic E-state index is 10.8. The lowest BCUT2D eigenvalue weighted by molar-refractivity contribution is -0.146. The minimum Gasteiger partial charge on any atom is -0.469 e.